The van der Waals surface area contributed by atoms with Gasteiger partial charge in [0, 0.05) is 30.2 Å². The second kappa shape index (κ2) is 6.60. The fourth-order valence-electron chi connectivity index (χ4n) is 2.65. The second-order valence-corrected chi connectivity index (χ2v) is 6.30. The maximum atomic E-state index is 13.1. The van der Waals surface area contributed by atoms with Crippen LogP contribution in [0.25, 0.3) is 4.96 Å². The number of thiazole rings is 1. The highest BCUT2D eigenvalue weighted by Gasteiger charge is 2.16. The van der Waals surface area contributed by atoms with E-state index >= 15 is 0 Å². The summed E-state index contributed by atoms with van der Waals surface area (Å²) in [4.78, 5) is 19.5. The van der Waals surface area contributed by atoms with Crippen LogP contribution in [0.1, 0.15) is 31.1 Å². The van der Waals surface area contributed by atoms with Crippen LogP contribution in [0, 0.1) is 5.82 Å². The van der Waals surface area contributed by atoms with Crippen LogP contribution in [-0.2, 0) is 6.54 Å². The van der Waals surface area contributed by atoms with Gasteiger partial charge in [-0.15, -0.1) is 11.3 Å². The van der Waals surface area contributed by atoms with Crippen LogP contribution in [0.2, 0.25) is 0 Å². The van der Waals surface area contributed by atoms with Gasteiger partial charge in [-0.25, -0.2) is 9.37 Å². The molecular weight excluding hydrogens is 313 g/mol. The van der Waals surface area contributed by atoms with Crippen LogP contribution >= 0.6 is 11.3 Å². The number of aromatic nitrogens is 2. The molecule has 0 aliphatic heterocycles. The van der Waals surface area contributed by atoms with Crippen LogP contribution < -0.4 is 5.56 Å². The zero-order valence-corrected chi connectivity index (χ0v) is 13.9. The molecule has 0 radical (unpaired) electrons. The van der Waals surface area contributed by atoms with Gasteiger partial charge in [0.1, 0.15) is 5.82 Å². The molecule has 0 N–H and O–H groups in total. The van der Waals surface area contributed by atoms with Crippen molar-refractivity contribution in [1.82, 2.24) is 14.3 Å². The van der Waals surface area contributed by atoms with E-state index in [9.17, 15) is 9.18 Å². The molecule has 6 heteroatoms. The highest BCUT2D eigenvalue weighted by molar-refractivity contribution is 7.15. The fraction of sp³-hybridized carbons (Fsp3) is 0.294. The molecule has 1 atom stereocenters. The average Bonchev–Trinajstić information content (AvgIpc) is 3.02. The predicted octanol–water partition coefficient (Wildman–Crippen LogP) is 3.48. The van der Waals surface area contributed by atoms with Gasteiger partial charge in [0.15, 0.2) is 4.96 Å². The topological polar surface area (TPSA) is 37.6 Å². The lowest BCUT2D eigenvalue weighted by molar-refractivity contribution is 0.210. The Morgan fingerprint density at radius 1 is 1.35 bits per heavy atom. The molecule has 0 fully saturated rings. The predicted molar refractivity (Wildman–Crippen MR) is 90.2 cm³/mol. The Bertz CT molecular complexity index is 856. The minimum Gasteiger partial charge on any atom is -0.291 e. The quantitative estimate of drug-likeness (QED) is 0.718. The maximum Gasteiger partial charge on any atom is 0.258 e. The van der Waals surface area contributed by atoms with Crippen molar-refractivity contribution >= 4 is 16.3 Å². The Hall–Kier alpha value is -2.05. The number of fused-ring (bicyclic) bond motifs is 1. The molecule has 23 heavy (non-hydrogen) atoms. The number of hydrogen-bond donors (Lipinski definition) is 0. The number of rotatable bonds is 5. The van der Waals surface area contributed by atoms with Gasteiger partial charge in [-0.05, 0) is 31.2 Å². The largest absolute Gasteiger partial charge is 0.291 e. The van der Waals surface area contributed by atoms with Gasteiger partial charge < -0.3 is 0 Å². The van der Waals surface area contributed by atoms with Crippen molar-refractivity contribution in [2.24, 2.45) is 0 Å². The Labute approximate surface area is 137 Å². The first-order valence-corrected chi connectivity index (χ1v) is 8.41. The zero-order valence-electron chi connectivity index (χ0n) is 13.1. The van der Waals surface area contributed by atoms with Crippen LogP contribution in [0.5, 0.6) is 0 Å². The molecule has 0 saturated heterocycles. The molecule has 120 valence electrons. The molecule has 2 heterocycles. The molecule has 0 aliphatic rings. The molecule has 1 aromatic carbocycles. The van der Waals surface area contributed by atoms with Crippen molar-refractivity contribution in [3.05, 3.63) is 69.3 Å². The zero-order chi connectivity index (χ0) is 16.4. The van der Waals surface area contributed by atoms with Crippen molar-refractivity contribution in [1.29, 1.82) is 0 Å². The van der Waals surface area contributed by atoms with Crippen molar-refractivity contribution in [2.75, 3.05) is 6.54 Å². The summed E-state index contributed by atoms with van der Waals surface area (Å²) in [5.41, 5.74) is 1.74. The van der Waals surface area contributed by atoms with E-state index in [1.54, 1.807) is 28.8 Å². The van der Waals surface area contributed by atoms with Gasteiger partial charge in [0.2, 0.25) is 0 Å². The van der Waals surface area contributed by atoms with E-state index in [2.05, 4.69) is 23.7 Å². The van der Waals surface area contributed by atoms with E-state index in [0.717, 1.165) is 17.8 Å². The number of halogens is 1. The SMILES string of the molecule is CCN(Cc1cc(=O)n2ccsc2n1)C(C)c1ccc(F)cc1. The normalized spacial score (nSPS) is 12.9. The Morgan fingerprint density at radius 3 is 2.78 bits per heavy atom. The monoisotopic (exact) mass is 331 g/mol. The summed E-state index contributed by atoms with van der Waals surface area (Å²) in [6.07, 6.45) is 1.73. The summed E-state index contributed by atoms with van der Waals surface area (Å²) in [7, 11) is 0. The average molecular weight is 331 g/mol. The summed E-state index contributed by atoms with van der Waals surface area (Å²) >= 11 is 1.45. The summed E-state index contributed by atoms with van der Waals surface area (Å²) in [6.45, 7) is 5.53. The summed E-state index contributed by atoms with van der Waals surface area (Å²) in [6, 6.07) is 8.24. The molecule has 1 unspecified atom stereocenters. The fourth-order valence-corrected chi connectivity index (χ4v) is 3.39. The van der Waals surface area contributed by atoms with Gasteiger partial charge in [0.25, 0.3) is 5.56 Å². The van der Waals surface area contributed by atoms with E-state index in [-0.39, 0.29) is 17.4 Å². The number of benzene rings is 1. The highest BCUT2D eigenvalue weighted by atomic mass is 32.1. The summed E-state index contributed by atoms with van der Waals surface area (Å²) in [5, 5.41) is 1.85. The number of nitrogens with zero attached hydrogens (tertiary/aromatic N) is 3. The first-order valence-electron chi connectivity index (χ1n) is 7.53. The maximum absolute atomic E-state index is 13.1. The van der Waals surface area contributed by atoms with Gasteiger partial charge in [-0.3, -0.25) is 14.1 Å². The molecule has 3 rings (SSSR count). The first-order chi connectivity index (χ1) is 11.1. The van der Waals surface area contributed by atoms with E-state index < -0.39 is 0 Å². The molecule has 0 spiro atoms. The summed E-state index contributed by atoms with van der Waals surface area (Å²) in [5.74, 6) is -0.234. The van der Waals surface area contributed by atoms with Crippen molar-refractivity contribution in [3.8, 4) is 0 Å². The first kappa shape index (κ1) is 15.8. The molecule has 4 nitrogen and oxygen atoms in total. The van der Waals surface area contributed by atoms with Gasteiger partial charge in [-0.2, -0.15) is 0 Å². The lowest BCUT2D eigenvalue weighted by atomic mass is 10.1. The van der Waals surface area contributed by atoms with Crippen LogP contribution in [-0.4, -0.2) is 20.8 Å². The smallest absolute Gasteiger partial charge is 0.258 e. The molecule has 2 aromatic heterocycles. The van der Waals surface area contributed by atoms with Crippen LogP contribution in [0.15, 0.2) is 46.7 Å². The van der Waals surface area contributed by atoms with Crippen molar-refractivity contribution < 1.29 is 4.39 Å². The second-order valence-electron chi connectivity index (χ2n) is 5.43. The van der Waals surface area contributed by atoms with E-state index in [0.29, 0.717) is 11.5 Å². The highest BCUT2D eigenvalue weighted by Crippen LogP contribution is 2.22. The lowest BCUT2D eigenvalue weighted by Gasteiger charge is -2.27. The van der Waals surface area contributed by atoms with E-state index in [4.69, 9.17) is 0 Å². The van der Waals surface area contributed by atoms with Gasteiger partial charge in [-0.1, -0.05) is 19.1 Å². The Balaban J connectivity index is 1.85. The minimum absolute atomic E-state index is 0.0586. The third-order valence-electron chi connectivity index (χ3n) is 4.03. The molecule has 0 amide bonds. The van der Waals surface area contributed by atoms with Crippen LogP contribution in [0.3, 0.4) is 0 Å². The third kappa shape index (κ3) is 3.33. The Morgan fingerprint density at radius 2 is 2.09 bits per heavy atom. The molecule has 0 bridgehead atoms. The van der Waals surface area contributed by atoms with E-state index in [1.165, 1.54) is 23.5 Å². The lowest BCUT2D eigenvalue weighted by Crippen LogP contribution is -2.28. The van der Waals surface area contributed by atoms with Crippen molar-refractivity contribution in [2.45, 2.75) is 26.4 Å². The minimum atomic E-state index is -0.234. The van der Waals surface area contributed by atoms with Gasteiger partial charge >= 0.3 is 0 Å². The molecule has 3 aromatic rings. The standard InChI is InChI=1S/C17H18FN3OS/c1-3-20(12(2)13-4-6-14(18)7-5-13)11-15-10-16(22)21-8-9-23-17(21)19-15/h4-10,12H,3,11H2,1-2H3. The van der Waals surface area contributed by atoms with Crippen molar-refractivity contribution in [3.63, 3.8) is 0 Å². The Kier molecular flexibility index (Phi) is 4.54. The van der Waals surface area contributed by atoms with Gasteiger partial charge in [0.05, 0.1) is 5.69 Å². The molecule has 0 saturated carbocycles. The van der Waals surface area contributed by atoms with E-state index in [1.807, 2.05) is 5.38 Å². The van der Waals surface area contributed by atoms with Crippen LogP contribution in [0.4, 0.5) is 4.39 Å². The third-order valence-corrected chi connectivity index (χ3v) is 4.78. The molecular formula is C17H18FN3OS. The number of hydrogen-bond acceptors (Lipinski definition) is 4. The summed E-state index contributed by atoms with van der Waals surface area (Å²) < 4.78 is 14.6. The molecule has 0 aliphatic carbocycles.